The SMILES string of the molecule is COC(=O)C1CN(C(=O)c2ccc(C(F)(F)F)cc2)CCC1=O. The number of methoxy groups -OCH3 is 1. The van der Waals surface area contributed by atoms with E-state index in [1.807, 2.05) is 0 Å². The number of nitrogens with zero attached hydrogens (tertiary/aromatic N) is 1. The van der Waals surface area contributed by atoms with Crippen molar-refractivity contribution in [3.05, 3.63) is 35.4 Å². The van der Waals surface area contributed by atoms with Crippen LogP contribution in [0.15, 0.2) is 24.3 Å². The Balaban J connectivity index is 2.14. The molecule has 1 unspecified atom stereocenters. The maximum Gasteiger partial charge on any atom is 0.416 e. The zero-order valence-corrected chi connectivity index (χ0v) is 12.2. The number of amides is 1. The Morgan fingerprint density at radius 2 is 1.83 bits per heavy atom. The van der Waals surface area contributed by atoms with E-state index in [1.165, 1.54) is 4.90 Å². The van der Waals surface area contributed by atoms with E-state index in [0.717, 1.165) is 31.4 Å². The van der Waals surface area contributed by atoms with Crippen LogP contribution in [0.25, 0.3) is 0 Å². The van der Waals surface area contributed by atoms with Gasteiger partial charge in [0, 0.05) is 25.1 Å². The summed E-state index contributed by atoms with van der Waals surface area (Å²) in [6.45, 7) is -0.0163. The van der Waals surface area contributed by atoms with Crippen LogP contribution in [0.2, 0.25) is 0 Å². The van der Waals surface area contributed by atoms with Crippen LogP contribution in [-0.4, -0.2) is 42.8 Å². The lowest BCUT2D eigenvalue weighted by Gasteiger charge is -2.30. The standard InChI is InChI=1S/C15H14F3NO4/c1-23-14(22)11-8-19(7-6-12(11)20)13(21)9-2-4-10(5-3-9)15(16,17)18/h2-5,11H,6-8H2,1H3. The molecule has 1 aliphatic heterocycles. The van der Waals surface area contributed by atoms with Crippen LogP contribution in [0.5, 0.6) is 0 Å². The summed E-state index contributed by atoms with van der Waals surface area (Å²) in [4.78, 5) is 36.8. The van der Waals surface area contributed by atoms with E-state index >= 15 is 0 Å². The molecule has 0 aromatic heterocycles. The second-order valence-electron chi connectivity index (χ2n) is 5.12. The molecule has 0 aliphatic carbocycles. The fourth-order valence-electron chi connectivity index (χ4n) is 2.35. The highest BCUT2D eigenvalue weighted by atomic mass is 19.4. The molecule has 1 heterocycles. The molecule has 1 atom stereocenters. The molecule has 2 rings (SSSR count). The Morgan fingerprint density at radius 3 is 2.35 bits per heavy atom. The van der Waals surface area contributed by atoms with Gasteiger partial charge in [-0.05, 0) is 24.3 Å². The predicted octanol–water partition coefficient (Wildman–Crippen LogP) is 1.91. The number of Topliss-reactive ketones (excluding diaryl/α,β-unsaturated/α-hetero) is 1. The number of hydrogen-bond acceptors (Lipinski definition) is 4. The highest BCUT2D eigenvalue weighted by molar-refractivity contribution is 6.02. The molecule has 0 saturated carbocycles. The quantitative estimate of drug-likeness (QED) is 0.614. The number of halogens is 3. The van der Waals surface area contributed by atoms with E-state index in [2.05, 4.69) is 4.74 Å². The minimum Gasteiger partial charge on any atom is -0.468 e. The maximum atomic E-state index is 12.5. The van der Waals surface area contributed by atoms with E-state index in [-0.39, 0.29) is 30.9 Å². The van der Waals surface area contributed by atoms with Crippen molar-refractivity contribution < 1.29 is 32.3 Å². The normalized spacial score (nSPS) is 18.7. The van der Waals surface area contributed by atoms with Gasteiger partial charge in [-0.15, -0.1) is 0 Å². The zero-order valence-electron chi connectivity index (χ0n) is 12.2. The number of ketones is 1. The van der Waals surface area contributed by atoms with E-state index in [1.54, 1.807) is 0 Å². The molecular formula is C15H14F3NO4. The second kappa shape index (κ2) is 6.39. The molecule has 8 heteroatoms. The van der Waals surface area contributed by atoms with Gasteiger partial charge in [-0.3, -0.25) is 14.4 Å². The van der Waals surface area contributed by atoms with Gasteiger partial charge in [0.15, 0.2) is 5.78 Å². The van der Waals surface area contributed by atoms with E-state index in [4.69, 9.17) is 0 Å². The average molecular weight is 329 g/mol. The Bertz CT molecular complexity index is 617. The lowest BCUT2D eigenvalue weighted by atomic mass is 9.96. The van der Waals surface area contributed by atoms with Gasteiger partial charge in [0.05, 0.1) is 12.7 Å². The zero-order chi connectivity index (χ0) is 17.2. The highest BCUT2D eigenvalue weighted by Gasteiger charge is 2.36. The van der Waals surface area contributed by atoms with Gasteiger partial charge in [-0.25, -0.2) is 0 Å². The van der Waals surface area contributed by atoms with Gasteiger partial charge in [0.2, 0.25) is 0 Å². The van der Waals surface area contributed by atoms with Crippen LogP contribution >= 0.6 is 0 Å². The Morgan fingerprint density at radius 1 is 1.22 bits per heavy atom. The third-order valence-electron chi connectivity index (χ3n) is 3.65. The number of likely N-dealkylation sites (tertiary alicyclic amines) is 1. The number of esters is 1. The molecule has 5 nitrogen and oxygen atoms in total. The minimum absolute atomic E-state index is 0.00609. The second-order valence-corrected chi connectivity index (χ2v) is 5.12. The number of carbonyl (C=O) groups excluding carboxylic acids is 3. The molecule has 1 fully saturated rings. The minimum atomic E-state index is -4.48. The number of alkyl halides is 3. The lowest BCUT2D eigenvalue weighted by molar-refractivity contribution is -0.151. The van der Waals surface area contributed by atoms with Crippen molar-refractivity contribution in [3.8, 4) is 0 Å². The molecule has 0 radical (unpaired) electrons. The summed E-state index contributed by atoms with van der Waals surface area (Å²) in [6, 6.07) is 3.80. The maximum absolute atomic E-state index is 12.5. The lowest BCUT2D eigenvalue weighted by Crippen LogP contribution is -2.47. The number of piperidine rings is 1. The van der Waals surface area contributed by atoms with E-state index in [9.17, 15) is 27.6 Å². The van der Waals surface area contributed by atoms with E-state index < -0.39 is 29.5 Å². The summed E-state index contributed by atoms with van der Waals surface area (Å²) in [5.74, 6) is -2.61. The van der Waals surface area contributed by atoms with Crippen LogP contribution in [0.1, 0.15) is 22.3 Å². The Hall–Kier alpha value is -2.38. The summed E-state index contributed by atoms with van der Waals surface area (Å²) in [5.41, 5.74) is -0.786. The molecule has 0 bridgehead atoms. The average Bonchev–Trinajstić information content (AvgIpc) is 2.53. The van der Waals surface area contributed by atoms with Crippen molar-refractivity contribution in [3.63, 3.8) is 0 Å². The number of hydrogen-bond donors (Lipinski definition) is 0. The number of ether oxygens (including phenoxy) is 1. The van der Waals surface area contributed by atoms with E-state index in [0.29, 0.717) is 0 Å². The molecule has 1 saturated heterocycles. The van der Waals surface area contributed by atoms with Crippen molar-refractivity contribution in [2.75, 3.05) is 20.2 Å². The number of carbonyl (C=O) groups is 3. The molecule has 0 N–H and O–H groups in total. The largest absolute Gasteiger partial charge is 0.468 e. The fourth-order valence-corrected chi connectivity index (χ4v) is 2.35. The number of benzene rings is 1. The summed E-state index contributed by atoms with van der Waals surface area (Å²) in [7, 11) is 1.15. The predicted molar refractivity (Wildman–Crippen MR) is 72.5 cm³/mol. The molecule has 23 heavy (non-hydrogen) atoms. The topological polar surface area (TPSA) is 63.7 Å². The van der Waals surface area contributed by atoms with Gasteiger partial charge < -0.3 is 9.64 Å². The molecular weight excluding hydrogens is 315 g/mol. The summed E-state index contributed by atoms with van der Waals surface area (Å²) in [5, 5.41) is 0. The molecule has 1 aromatic carbocycles. The first-order valence-electron chi connectivity index (χ1n) is 6.81. The van der Waals surface area contributed by atoms with Gasteiger partial charge in [-0.2, -0.15) is 13.2 Å². The summed E-state index contributed by atoms with van der Waals surface area (Å²) in [6.07, 6.45) is -4.47. The highest BCUT2D eigenvalue weighted by Crippen LogP contribution is 2.29. The Labute approximate surface area is 130 Å². The van der Waals surface area contributed by atoms with Crippen molar-refractivity contribution >= 4 is 17.7 Å². The fraction of sp³-hybridized carbons (Fsp3) is 0.400. The van der Waals surface area contributed by atoms with Crippen molar-refractivity contribution in [2.24, 2.45) is 5.92 Å². The van der Waals surface area contributed by atoms with Gasteiger partial charge in [-0.1, -0.05) is 0 Å². The number of rotatable bonds is 2. The van der Waals surface area contributed by atoms with Crippen LogP contribution in [0.3, 0.4) is 0 Å². The third-order valence-corrected chi connectivity index (χ3v) is 3.65. The van der Waals surface area contributed by atoms with Crippen molar-refractivity contribution in [2.45, 2.75) is 12.6 Å². The molecule has 1 amide bonds. The first kappa shape index (κ1) is 17.0. The van der Waals surface area contributed by atoms with Crippen LogP contribution < -0.4 is 0 Å². The smallest absolute Gasteiger partial charge is 0.416 e. The molecule has 1 aromatic rings. The van der Waals surface area contributed by atoms with Gasteiger partial charge >= 0.3 is 12.1 Å². The van der Waals surface area contributed by atoms with Crippen molar-refractivity contribution in [1.82, 2.24) is 4.90 Å². The monoisotopic (exact) mass is 329 g/mol. The van der Waals surface area contributed by atoms with Crippen LogP contribution in [0.4, 0.5) is 13.2 Å². The first-order valence-corrected chi connectivity index (χ1v) is 6.81. The molecule has 124 valence electrons. The molecule has 1 aliphatic rings. The summed E-state index contributed by atoms with van der Waals surface area (Å²) < 4.78 is 42.1. The third kappa shape index (κ3) is 3.69. The van der Waals surface area contributed by atoms with Gasteiger partial charge in [0.25, 0.3) is 5.91 Å². The van der Waals surface area contributed by atoms with Crippen LogP contribution in [-0.2, 0) is 20.5 Å². The van der Waals surface area contributed by atoms with Crippen molar-refractivity contribution in [1.29, 1.82) is 0 Å². The van der Waals surface area contributed by atoms with Crippen LogP contribution in [0, 0.1) is 5.92 Å². The Kier molecular flexibility index (Phi) is 4.72. The molecule has 0 spiro atoms. The van der Waals surface area contributed by atoms with Gasteiger partial charge in [0.1, 0.15) is 5.92 Å². The summed E-state index contributed by atoms with van der Waals surface area (Å²) >= 11 is 0. The first-order chi connectivity index (χ1) is 10.7.